The minimum absolute atomic E-state index is 0.0227. The predicted molar refractivity (Wildman–Crippen MR) is 71.5 cm³/mol. The van der Waals surface area contributed by atoms with Crippen LogP contribution in [-0.2, 0) is 4.79 Å². The summed E-state index contributed by atoms with van der Waals surface area (Å²) in [4.78, 5) is 17.8. The summed E-state index contributed by atoms with van der Waals surface area (Å²) in [5, 5.41) is 3.17. The number of hydrogen-bond donors (Lipinski definition) is 2. The number of aromatic amines is 1. The molecule has 3 unspecified atom stereocenters. The van der Waals surface area contributed by atoms with Crippen molar-refractivity contribution in [2.75, 3.05) is 11.9 Å². The Morgan fingerprint density at radius 2 is 2.22 bits per heavy atom. The maximum Gasteiger partial charge on any atom is 0.244 e. The first-order chi connectivity index (χ1) is 8.81. The highest BCUT2D eigenvalue weighted by molar-refractivity contribution is 5.98. The van der Waals surface area contributed by atoms with E-state index in [0.717, 1.165) is 18.5 Å². The summed E-state index contributed by atoms with van der Waals surface area (Å²) in [5.74, 6) is 0.925. The summed E-state index contributed by atoms with van der Waals surface area (Å²) in [5.41, 5.74) is 1.03. The Labute approximate surface area is 108 Å². The summed E-state index contributed by atoms with van der Waals surface area (Å²) in [6.07, 6.45) is 9.65. The van der Waals surface area contributed by atoms with Gasteiger partial charge in [-0.25, -0.2) is 0 Å². The Hall–Kier alpha value is -1.29. The van der Waals surface area contributed by atoms with E-state index in [4.69, 9.17) is 0 Å². The van der Waals surface area contributed by atoms with E-state index in [1.165, 1.54) is 19.3 Å². The van der Waals surface area contributed by atoms with Crippen LogP contribution < -0.4 is 10.2 Å². The van der Waals surface area contributed by atoms with Crippen LogP contribution in [0.5, 0.6) is 0 Å². The van der Waals surface area contributed by atoms with E-state index in [1.807, 2.05) is 30.4 Å². The van der Waals surface area contributed by atoms with E-state index in [1.54, 1.807) is 0 Å². The number of likely N-dealkylation sites (N-methyl/N-ethyl adjacent to an activating group) is 1. The number of H-pyrrole nitrogens is 1. The SMILES string of the molecule is CNC1CCC2CCCC2N(c2cc[nH]c2)C1=O. The predicted octanol–water partition coefficient (Wildman–Crippen LogP) is 1.90. The Balaban J connectivity index is 1.96. The molecule has 2 heterocycles. The molecule has 1 saturated carbocycles. The summed E-state index contributed by atoms with van der Waals surface area (Å²) in [6, 6.07) is 2.39. The zero-order valence-electron chi connectivity index (χ0n) is 10.9. The average molecular weight is 247 g/mol. The molecule has 0 spiro atoms. The number of nitrogens with zero attached hydrogens (tertiary/aromatic N) is 1. The molecule has 98 valence electrons. The van der Waals surface area contributed by atoms with Gasteiger partial charge in [-0.2, -0.15) is 0 Å². The molecule has 1 aromatic rings. The Kier molecular flexibility index (Phi) is 3.12. The Morgan fingerprint density at radius 1 is 1.33 bits per heavy atom. The van der Waals surface area contributed by atoms with Gasteiger partial charge in [0.25, 0.3) is 0 Å². The second kappa shape index (κ2) is 4.76. The molecule has 3 atom stereocenters. The number of carbonyl (C=O) groups excluding carboxylic acids is 1. The van der Waals surface area contributed by atoms with Crippen LogP contribution in [-0.4, -0.2) is 30.0 Å². The van der Waals surface area contributed by atoms with Crippen LogP contribution in [0.4, 0.5) is 5.69 Å². The van der Waals surface area contributed by atoms with E-state index in [0.29, 0.717) is 12.0 Å². The van der Waals surface area contributed by atoms with Crippen LogP contribution >= 0.6 is 0 Å². The van der Waals surface area contributed by atoms with Crippen molar-refractivity contribution in [2.45, 2.75) is 44.2 Å². The van der Waals surface area contributed by atoms with Crippen LogP contribution in [0.25, 0.3) is 0 Å². The van der Waals surface area contributed by atoms with Crippen molar-refractivity contribution in [1.82, 2.24) is 10.3 Å². The van der Waals surface area contributed by atoms with Gasteiger partial charge in [-0.15, -0.1) is 0 Å². The molecule has 1 saturated heterocycles. The van der Waals surface area contributed by atoms with Crippen molar-refractivity contribution in [1.29, 1.82) is 0 Å². The fourth-order valence-electron chi connectivity index (χ4n) is 3.58. The first-order valence-corrected chi connectivity index (χ1v) is 6.94. The maximum atomic E-state index is 12.7. The third kappa shape index (κ3) is 1.85. The zero-order chi connectivity index (χ0) is 12.5. The second-order valence-electron chi connectivity index (χ2n) is 5.45. The number of carbonyl (C=O) groups is 1. The molecule has 1 amide bonds. The van der Waals surface area contributed by atoms with Crippen LogP contribution in [0.3, 0.4) is 0 Å². The van der Waals surface area contributed by atoms with Crippen LogP contribution in [0.1, 0.15) is 32.1 Å². The molecule has 18 heavy (non-hydrogen) atoms. The lowest BCUT2D eigenvalue weighted by atomic mass is 9.97. The fourth-order valence-corrected chi connectivity index (χ4v) is 3.58. The van der Waals surface area contributed by atoms with Crippen molar-refractivity contribution >= 4 is 11.6 Å². The number of rotatable bonds is 2. The van der Waals surface area contributed by atoms with Crippen molar-refractivity contribution in [3.63, 3.8) is 0 Å². The number of hydrogen-bond acceptors (Lipinski definition) is 2. The molecule has 2 fully saturated rings. The summed E-state index contributed by atoms with van der Waals surface area (Å²) >= 11 is 0. The second-order valence-corrected chi connectivity index (χ2v) is 5.45. The molecule has 2 N–H and O–H groups in total. The first-order valence-electron chi connectivity index (χ1n) is 6.94. The Morgan fingerprint density at radius 3 is 2.94 bits per heavy atom. The molecule has 1 aromatic heterocycles. The van der Waals surface area contributed by atoms with Gasteiger partial charge in [0.2, 0.25) is 5.91 Å². The van der Waals surface area contributed by atoms with Crippen molar-refractivity contribution in [3.05, 3.63) is 18.5 Å². The number of anilines is 1. The number of nitrogens with one attached hydrogen (secondary N) is 2. The van der Waals surface area contributed by atoms with Crippen molar-refractivity contribution in [2.24, 2.45) is 5.92 Å². The van der Waals surface area contributed by atoms with Gasteiger partial charge in [0.05, 0.1) is 11.7 Å². The van der Waals surface area contributed by atoms with Gasteiger partial charge in [0.15, 0.2) is 0 Å². The molecular weight excluding hydrogens is 226 g/mol. The fraction of sp³-hybridized carbons (Fsp3) is 0.643. The standard InChI is InChI=1S/C14H21N3O/c1-15-12-6-5-10-3-2-4-13(10)17(14(12)18)11-7-8-16-9-11/h7-10,12-13,15-16H,2-6H2,1H3. The van der Waals surface area contributed by atoms with Gasteiger partial charge in [-0.3, -0.25) is 4.79 Å². The molecule has 1 aliphatic heterocycles. The third-order valence-corrected chi connectivity index (χ3v) is 4.52. The van der Waals surface area contributed by atoms with Crippen LogP contribution in [0.2, 0.25) is 0 Å². The van der Waals surface area contributed by atoms with Crippen LogP contribution in [0, 0.1) is 5.92 Å². The monoisotopic (exact) mass is 247 g/mol. The topological polar surface area (TPSA) is 48.1 Å². The summed E-state index contributed by atoms with van der Waals surface area (Å²) in [6.45, 7) is 0. The lowest BCUT2D eigenvalue weighted by molar-refractivity contribution is -0.120. The van der Waals surface area contributed by atoms with Crippen molar-refractivity contribution < 1.29 is 4.79 Å². The van der Waals surface area contributed by atoms with E-state index in [2.05, 4.69) is 10.3 Å². The van der Waals surface area contributed by atoms with E-state index in [-0.39, 0.29) is 11.9 Å². The molecular formula is C14H21N3O. The minimum Gasteiger partial charge on any atom is -0.366 e. The van der Waals surface area contributed by atoms with Gasteiger partial charge in [0.1, 0.15) is 0 Å². The van der Waals surface area contributed by atoms with Crippen LogP contribution in [0.15, 0.2) is 18.5 Å². The molecule has 4 heteroatoms. The largest absolute Gasteiger partial charge is 0.366 e. The molecule has 3 rings (SSSR count). The minimum atomic E-state index is -0.0227. The molecule has 2 aliphatic rings. The van der Waals surface area contributed by atoms with E-state index >= 15 is 0 Å². The van der Waals surface area contributed by atoms with Gasteiger partial charge in [-0.05, 0) is 44.7 Å². The Bertz CT molecular complexity index is 415. The van der Waals surface area contributed by atoms with Gasteiger partial charge in [0, 0.05) is 18.4 Å². The molecule has 1 aliphatic carbocycles. The average Bonchev–Trinajstić information content (AvgIpc) is 3.01. The molecule has 4 nitrogen and oxygen atoms in total. The smallest absolute Gasteiger partial charge is 0.244 e. The van der Waals surface area contributed by atoms with E-state index < -0.39 is 0 Å². The third-order valence-electron chi connectivity index (χ3n) is 4.52. The summed E-state index contributed by atoms with van der Waals surface area (Å²) in [7, 11) is 1.89. The molecule has 0 bridgehead atoms. The lowest BCUT2D eigenvalue weighted by Gasteiger charge is -2.31. The normalized spacial score (nSPS) is 32.4. The first kappa shape index (κ1) is 11.8. The maximum absolute atomic E-state index is 12.7. The number of fused-ring (bicyclic) bond motifs is 1. The highest BCUT2D eigenvalue weighted by atomic mass is 16.2. The quantitative estimate of drug-likeness (QED) is 0.838. The lowest BCUT2D eigenvalue weighted by Crippen LogP contribution is -2.48. The van der Waals surface area contributed by atoms with E-state index in [9.17, 15) is 4.79 Å². The van der Waals surface area contributed by atoms with Gasteiger partial charge >= 0.3 is 0 Å². The van der Waals surface area contributed by atoms with Gasteiger partial charge < -0.3 is 15.2 Å². The van der Waals surface area contributed by atoms with Crippen molar-refractivity contribution in [3.8, 4) is 0 Å². The summed E-state index contributed by atoms with van der Waals surface area (Å²) < 4.78 is 0. The zero-order valence-corrected chi connectivity index (χ0v) is 10.9. The highest BCUT2D eigenvalue weighted by Crippen LogP contribution is 2.38. The van der Waals surface area contributed by atoms with Gasteiger partial charge in [-0.1, -0.05) is 6.42 Å². The number of amides is 1. The molecule has 0 aromatic carbocycles. The molecule has 0 radical (unpaired) electrons. The number of aromatic nitrogens is 1. The highest BCUT2D eigenvalue weighted by Gasteiger charge is 2.40.